The summed E-state index contributed by atoms with van der Waals surface area (Å²) in [5.74, 6) is 2.11. The Morgan fingerprint density at radius 1 is 1.03 bits per heavy atom. The molecule has 0 spiro atoms. The maximum atomic E-state index is 13.7. The summed E-state index contributed by atoms with van der Waals surface area (Å²) in [6.45, 7) is 20.4. The van der Waals surface area contributed by atoms with Crippen molar-refractivity contribution in [3.8, 4) is 0 Å². The molecule has 1 fully saturated rings. The molecule has 224 valence electrons. The van der Waals surface area contributed by atoms with Crippen molar-refractivity contribution >= 4 is 5.91 Å². The highest BCUT2D eigenvalue weighted by atomic mass is 16.5. The Morgan fingerprint density at radius 3 is 2.33 bits per heavy atom. The maximum Gasteiger partial charge on any atom is 0.236 e. The predicted octanol–water partition coefficient (Wildman–Crippen LogP) is 7.47. The van der Waals surface area contributed by atoms with Crippen molar-refractivity contribution in [2.45, 2.75) is 99.5 Å². The van der Waals surface area contributed by atoms with Gasteiger partial charge in [0.15, 0.2) is 0 Å². The van der Waals surface area contributed by atoms with E-state index >= 15 is 0 Å². The first-order chi connectivity index (χ1) is 18.6. The van der Waals surface area contributed by atoms with Gasteiger partial charge in [0.1, 0.15) is 5.76 Å². The van der Waals surface area contributed by atoms with Crippen molar-refractivity contribution in [1.29, 1.82) is 0 Å². The molecule has 3 atom stereocenters. The summed E-state index contributed by atoms with van der Waals surface area (Å²) in [6, 6.07) is 0.378. The highest BCUT2D eigenvalue weighted by molar-refractivity contribution is 5.78. The Labute approximate surface area is 242 Å². The average molecular weight is 544 g/mol. The van der Waals surface area contributed by atoms with Crippen LogP contribution in [0.4, 0.5) is 0 Å². The summed E-state index contributed by atoms with van der Waals surface area (Å²) >= 11 is 0. The van der Waals surface area contributed by atoms with Crippen molar-refractivity contribution in [2.24, 2.45) is 11.8 Å². The van der Waals surface area contributed by atoms with E-state index in [1.807, 2.05) is 0 Å². The summed E-state index contributed by atoms with van der Waals surface area (Å²) in [5, 5.41) is 0. The van der Waals surface area contributed by atoms with Crippen LogP contribution >= 0.6 is 0 Å². The number of unbranched alkanes of at least 4 members (excludes halogenated alkanes) is 2. The molecule has 0 aromatic rings. The van der Waals surface area contributed by atoms with Crippen molar-refractivity contribution < 1.29 is 9.53 Å². The van der Waals surface area contributed by atoms with Crippen LogP contribution in [0.25, 0.3) is 0 Å². The van der Waals surface area contributed by atoms with Gasteiger partial charge in [0.2, 0.25) is 5.91 Å². The molecule has 1 amide bonds. The largest absolute Gasteiger partial charge is 0.493 e. The lowest BCUT2D eigenvalue weighted by Crippen LogP contribution is -2.47. The van der Waals surface area contributed by atoms with Crippen LogP contribution in [-0.4, -0.2) is 80.1 Å². The molecule has 0 aromatic carbocycles. The van der Waals surface area contributed by atoms with Gasteiger partial charge < -0.3 is 14.5 Å². The Hall–Kier alpha value is -1.85. The zero-order chi connectivity index (χ0) is 29.2. The van der Waals surface area contributed by atoms with E-state index in [-0.39, 0.29) is 5.91 Å². The SMILES string of the molecule is C/C=C1/CCO/C1=C/C=C/C(C)CN(CC(=O)N(CCCC)CCCCN(C)C)C(CC)CC(C)C=C(C)C. The summed E-state index contributed by atoms with van der Waals surface area (Å²) in [5.41, 5.74) is 2.65. The molecular weight excluding hydrogens is 482 g/mol. The van der Waals surface area contributed by atoms with E-state index in [1.165, 1.54) is 11.1 Å². The molecule has 1 aliphatic rings. The molecule has 1 saturated heterocycles. The topological polar surface area (TPSA) is 36.0 Å². The lowest BCUT2D eigenvalue weighted by molar-refractivity contribution is -0.133. The Bertz CT molecular complexity index is 807. The second kappa shape index (κ2) is 20.1. The molecule has 0 radical (unpaired) electrons. The smallest absolute Gasteiger partial charge is 0.236 e. The lowest BCUT2D eigenvalue weighted by atomic mass is 9.96. The highest BCUT2D eigenvalue weighted by Gasteiger charge is 2.25. The van der Waals surface area contributed by atoms with Gasteiger partial charge in [-0.05, 0) is 97.0 Å². The average Bonchev–Trinajstić information content (AvgIpc) is 3.33. The van der Waals surface area contributed by atoms with Crippen molar-refractivity contribution in [3.63, 3.8) is 0 Å². The molecule has 3 unspecified atom stereocenters. The summed E-state index contributed by atoms with van der Waals surface area (Å²) in [7, 11) is 4.23. The molecule has 1 rings (SSSR count). The molecular formula is C34H61N3O2. The van der Waals surface area contributed by atoms with E-state index in [0.717, 1.165) is 83.5 Å². The van der Waals surface area contributed by atoms with Gasteiger partial charge in [-0.25, -0.2) is 0 Å². The van der Waals surface area contributed by atoms with Crippen LogP contribution in [0.1, 0.15) is 93.4 Å². The zero-order valence-corrected chi connectivity index (χ0v) is 27.0. The molecule has 1 aliphatic heterocycles. The molecule has 1 heterocycles. The van der Waals surface area contributed by atoms with E-state index in [2.05, 4.69) is 108 Å². The fraction of sp³-hybridized carbons (Fsp3) is 0.735. The molecule has 0 saturated carbocycles. The minimum absolute atomic E-state index is 0.289. The number of ether oxygens (including phenoxy) is 1. The first kappa shape index (κ1) is 35.2. The van der Waals surface area contributed by atoms with Crippen molar-refractivity contribution in [3.05, 3.63) is 47.3 Å². The number of nitrogens with zero attached hydrogens (tertiary/aromatic N) is 3. The molecule has 5 heteroatoms. The Kier molecular flexibility index (Phi) is 18.1. The first-order valence-corrected chi connectivity index (χ1v) is 15.6. The van der Waals surface area contributed by atoms with Gasteiger partial charge in [-0.3, -0.25) is 9.69 Å². The van der Waals surface area contributed by atoms with E-state index < -0.39 is 0 Å². The third kappa shape index (κ3) is 14.9. The van der Waals surface area contributed by atoms with Gasteiger partial charge in [0, 0.05) is 32.1 Å². The predicted molar refractivity (Wildman–Crippen MR) is 169 cm³/mol. The minimum atomic E-state index is 0.289. The second-order valence-electron chi connectivity index (χ2n) is 12.0. The molecule has 0 bridgehead atoms. The molecule has 0 aliphatic carbocycles. The van der Waals surface area contributed by atoms with Crippen LogP contribution in [0, 0.1) is 11.8 Å². The van der Waals surface area contributed by atoms with Gasteiger partial charge in [-0.15, -0.1) is 0 Å². The maximum absolute atomic E-state index is 13.7. The molecule has 0 aromatic heterocycles. The normalized spacial score (nSPS) is 18.2. The number of carbonyl (C=O) groups is 1. The zero-order valence-electron chi connectivity index (χ0n) is 27.0. The lowest BCUT2D eigenvalue weighted by Gasteiger charge is -2.35. The van der Waals surface area contributed by atoms with Gasteiger partial charge in [0.05, 0.1) is 13.2 Å². The van der Waals surface area contributed by atoms with Crippen LogP contribution in [0.15, 0.2) is 47.3 Å². The van der Waals surface area contributed by atoms with Crippen LogP contribution in [0.2, 0.25) is 0 Å². The minimum Gasteiger partial charge on any atom is -0.493 e. The Morgan fingerprint density at radius 2 is 1.72 bits per heavy atom. The number of hydrogen-bond acceptors (Lipinski definition) is 4. The molecule has 0 N–H and O–H groups in total. The molecule has 39 heavy (non-hydrogen) atoms. The molecule has 5 nitrogen and oxygen atoms in total. The van der Waals surface area contributed by atoms with Gasteiger partial charge >= 0.3 is 0 Å². The first-order valence-electron chi connectivity index (χ1n) is 15.6. The third-order valence-corrected chi connectivity index (χ3v) is 7.51. The van der Waals surface area contributed by atoms with Crippen LogP contribution in [0.3, 0.4) is 0 Å². The van der Waals surface area contributed by atoms with Crippen molar-refractivity contribution in [1.82, 2.24) is 14.7 Å². The number of allylic oxidation sites excluding steroid dienone is 6. The third-order valence-electron chi connectivity index (χ3n) is 7.51. The van der Waals surface area contributed by atoms with E-state index in [9.17, 15) is 4.79 Å². The fourth-order valence-electron chi connectivity index (χ4n) is 5.39. The second-order valence-corrected chi connectivity index (χ2v) is 12.0. The van der Waals surface area contributed by atoms with Gasteiger partial charge in [-0.1, -0.05) is 64.0 Å². The van der Waals surface area contributed by atoms with Crippen LogP contribution < -0.4 is 0 Å². The van der Waals surface area contributed by atoms with Crippen LogP contribution in [-0.2, 0) is 9.53 Å². The van der Waals surface area contributed by atoms with Crippen molar-refractivity contribution in [2.75, 3.05) is 53.4 Å². The fourth-order valence-corrected chi connectivity index (χ4v) is 5.39. The monoisotopic (exact) mass is 543 g/mol. The van der Waals surface area contributed by atoms with Gasteiger partial charge in [0.25, 0.3) is 0 Å². The van der Waals surface area contributed by atoms with E-state index in [1.54, 1.807) is 0 Å². The van der Waals surface area contributed by atoms with Crippen LogP contribution in [0.5, 0.6) is 0 Å². The summed E-state index contributed by atoms with van der Waals surface area (Å²) < 4.78 is 5.79. The number of rotatable bonds is 19. The number of carbonyl (C=O) groups excluding carboxylic acids is 1. The Balaban J connectivity index is 3.02. The summed E-state index contributed by atoms with van der Waals surface area (Å²) in [6.07, 6.45) is 18.5. The van der Waals surface area contributed by atoms with Gasteiger partial charge in [-0.2, -0.15) is 0 Å². The summed E-state index contributed by atoms with van der Waals surface area (Å²) in [4.78, 5) is 20.6. The quantitative estimate of drug-likeness (QED) is 0.125. The standard InChI is InChI=1S/C34H61N3O2/c1-10-13-21-36(22-15-14-20-35(8)9)34(38)27-37(32(12-3)25-30(7)24-28(4)5)26-29(6)17-16-18-33-31(11-2)19-23-39-33/h11,16-18,24,29-30,32H,10,12-15,19-23,25-27H2,1-9H3/b17-16+,31-11-,33-18+. The number of amides is 1. The number of hydrogen-bond donors (Lipinski definition) is 0. The highest BCUT2D eigenvalue weighted by Crippen LogP contribution is 2.24. The van der Waals surface area contributed by atoms with E-state index in [4.69, 9.17) is 4.74 Å². The van der Waals surface area contributed by atoms with E-state index in [0.29, 0.717) is 24.4 Å².